The summed E-state index contributed by atoms with van der Waals surface area (Å²) < 4.78 is 0. The topological polar surface area (TPSA) is 50.6 Å². The highest BCUT2D eigenvalue weighted by Crippen LogP contribution is 2.23. The summed E-state index contributed by atoms with van der Waals surface area (Å²) in [5.41, 5.74) is 1.50. The van der Waals surface area contributed by atoms with Crippen molar-refractivity contribution in [3.8, 4) is 0 Å². The van der Waals surface area contributed by atoms with Crippen LogP contribution in [0.1, 0.15) is 42.1 Å². The average molecular weight is 372 g/mol. The molecule has 1 aliphatic heterocycles. The van der Waals surface area contributed by atoms with E-state index < -0.39 is 0 Å². The van der Waals surface area contributed by atoms with Crippen LogP contribution in [-0.4, -0.2) is 30.8 Å². The van der Waals surface area contributed by atoms with Crippen LogP contribution in [-0.2, 0) is 4.79 Å². The maximum atomic E-state index is 12.8. The quantitative estimate of drug-likeness (QED) is 0.794. The number of anilines is 1. The van der Waals surface area contributed by atoms with E-state index in [9.17, 15) is 9.59 Å². The second-order valence-electron chi connectivity index (χ2n) is 6.92. The molecular formula is C21H24ClN2O2+. The number of hydrogen-bond donors (Lipinski definition) is 2. The molecule has 2 aromatic carbocycles. The van der Waals surface area contributed by atoms with Crippen LogP contribution in [0.25, 0.3) is 0 Å². The lowest BCUT2D eigenvalue weighted by Gasteiger charge is -2.29. The van der Waals surface area contributed by atoms with Crippen molar-refractivity contribution in [2.24, 2.45) is 0 Å². The van der Waals surface area contributed by atoms with Gasteiger partial charge in [-0.3, -0.25) is 9.59 Å². The molecule has 0 aromatic heterocycles. The van der Waals surface area contributed by atoms with Gasteiger partial charge in [0, 0.05) is 16.1 Å². The van der Waals surface area contributed by atoms with Gasteiger partial charge in [0.1, 0.15) is 0 Å². The first kappa shape index (κ1) is 18.6. The number of halogens is 1. The molecule has 1 amide bonds. The standard InChI is InChI=1S/C21H23ClN2O2/c1-15-7-5-6-12-24(15)14-20(25)23-19-11-10-17(22)13-18(19)21(26)16-8-3-2-4-9-16/h2-4,8-11,13,15H,5-7,12,14H2,1H3,(H,23,25)/p+1/t15-/m1/s1. The summed E-state index contributed by atoms with van der Waals surface area (Å²) in [6.45, 7) is 3.63. The van der Waals surface area contributed by atoms with Crippen molar-refractivity contribution in [1.29, 1.82) is 0 Å². The van der Waals surface area contributed by atoms with E-state index >= 15 is 0 Å². The van der Waals surface area contributed by atoms with Crippen LogP contribution in [0.3, 0.4) is 0 Å². The SMILES string of the molecule is C[C@@H]1CCCC[NH+]1CC(=O)Nc1ccc(Cl)cc1C(=O)c1ccccc1. The zero-order valence-electron chi connectivity index (χ0n) is 14.9. The Kier molecular flexibility index (Phi) is 6.07. The summed E-state index contributed by atoms with van der Waals surface area (Å²) in [7, 11) is 0. The van der Waals surface area contributed by atoms with Gasteiger partial charge in [0.2, 0.25) is 0 Å². The van der Waals surface area contributed by atoms with E-state index in [2.05, 4.69) is 12.2 Å². The number of carbonyl (C=O) groups excluding carboxylic acids is 2. The first-order valence-corrected chi connectivity index (χ1v) is 9.46. The highest BCUT2D eigenvalue weighted by molar-refractivity contribution is 6.31. The summed E-state index contributed by atoms with van der Waals surface area (Å²) in [5, 5.41) is 3.39. The number of benzene rings is 2. The normalized spacial score (nSPS) is 19.8. The summed E-state index contributed by atoms with van der Waals surface area (Å²) in [5.74, 6) is -0.222. The van der Waals surface area contributed by atoms with Gasteiger partial charge < -0.3 is 10.2 Å². The molecule has 1 heterocycles. The summed E-state index contributed by atoms with van der Waals surface area (Å²) in [6, 6.07) is 14.5. The number of likely N-dealkylation sites (tertiary alicyclic amines) is 1. The fourth-order valence-corrected chi connectivity index (χ4v) is 3.65. The third-order valence-corrected chi connectivity index (χ3v) is 5.24. The Balaban J connectivity index is 1.77. The maximum Gasteiger partial charge on any atom is 0.279 e. The Morgan fingerprint density at radius 1 is 1.15 bits per heavy atom. The molecule has 2 aromatic rings. The Morgan fingerprint density at radius 2 is 1.92 bits per heavy atom. The number of nitrogens with one attached hydrogen (secondary N) is 2. The Labute approximate surface area is 159 Å². The number of ketones is 1. The molecule has 1 unspecified atom stereocenters. The molecule has 1 aliphatic rings. The number of hydrogen-bond acceptors (Lipinski definition) is 2. The lowest BCUT2D eigenvalue weighted by Crippen LogP contribution is -3.17. The van der Waals surface area contributed by atoms with Crippen LogP contribution in [0.15, 0.2) is 48.5 Å². The highest BCUT2D eigenvalue weighted by Gasteiger charge is 2.25. The number of piperidine rings is 1. The van der Waals surface area contributed by atoms with E-state index in [-0.39, 0.29) is 11.7 Å². The predicted octanol–water partition coefficient (Wildman–Crippen LogP) is 2.97. The smallest absolute Gasteiger partial charge is 0.279 e. The highest BCUT2D eigenvalue weighted by atomic mass is 35.5. The summed E-state index contributed by atoms with van der Waals surface area (Å²) in [6.07, 6.45) is 3.55. The molecule has 2 N–H and O–H groups in total. The van der Waals surface area contributed by atoms with E-state index in [1.54, 1.807) is 30.3 Å². The van der Waals surface area contributed by atoms with Gasteiger partial charge in [-0.2, -0.15) is 0 Å². The zero-order chi connectivity index (χ0) is 18.5. The molecule has 0 spiro atoms. The monoisotopic (exact) mass is 371 g/mol. The minimum Gasteiger partial charge on any atom is -0.325 e. The van der Waals surface area contributed by atoms with Crippen LogP contribution < -0.4 is 10.2 Å². The maximum absolute atomic E-state index is 12.8. The number of amides is 1. The minimum absolute atomic E-state index is 0.0711. The predicted molar refractivity (Wildman–Crippen MR) is 104 cm³/mol. The van der Waals surface area contributed by atoms with Gasteiger partial charge in [-0.25, -0.2) is 0 Å². The van der Waals surface area contributed by atoms with Crippen molar-refractivity contribution in [3.05, 3.63) is 64.7 Å². The largest absolute Gasteiger partial charge is 0.325 e. The van der Waals surface area contributed by atoms with Gasteiger partial charge in [-0.05, 0) is 44.4 Å². The van der Waals surface area contributed by atoms with E-state index in [1.807, 2.05) is 18.2 Å². The average Bonchev–Trinajstić information content (AvgIpc) is 2.65. The fraction of sp³-hybridized carbons (Fsp3) is 0.333. The third-order valence-electron chi connectivity index (χ3n) is 5.01. The van der Waals surface area contributed by atoms with Crippen molar-refractivity contribution in [2.45, 2.75) is 32.2 Å². The molecule has 3 rings (SSSR count). The van der Waals surface area contributed by atoms with Crippen LogP contribution in [0.4, 0.5) is 5.69 Å². The fourth-order valence-electron chi connectivity index (χ4n) is 3.47. The molecule has 0 bridgehead atoms. The van der Waals surface area contributed by atoms with E-state index in [4.69, 9.17) is 11.6 Å². The van der Waals surface area contributed by atoms with Crippen molar-refractivity contribution in [2.75, 3.05) is 18.4 Å². The second-order valence-corrected chi connectivity index (χ2v) is 7.35. The summed E-state index contributed by atoms with van der Waals surface area (Å²) in [4.78, 5) is 26.7. The van der Waals surface area contributed by atoms with Crippen molar-refractivity contribution < 1.29 is 14.5 Å². The van der Waals surface area contributed by atoms with Crippen molar-refractivity contribution >= 4 is 29.0 Å². The lowest BCUT2D eigenvalue weighted by atomic mass is 10.0. The molecule has 0 saturated carbocycles. The molecule has 2 atom stereocenters. The molecule has 1 saturated heterocycles. The Hall–Kier alpha value is -2.17. The van der Waals surface area contributed by atoms with E-state index in [1.165, 1.54) is 11.3 Å². The van der Waals surface area contributed by atoms with Crippen LogP contribution in [0.5, 0.6) is 0 Å². The molecule has 0 radical (unpaired) electrons. The number of rotatable bonds is 5. The van der Waals surface area contributed by atoms with Gasteiger partial charge in [0.15, 0.2) is 12.3 Å². The van der Waals surface area contributed by atoms with E-state index in [0.29, 0.717) is 34.4 Å². The molecular weight excluding hydrogens is 348 g/mol. The lowest BCUT2D eigenvalue weighted by molar-refractivity contribution is -0.920. The van der Waals surface area contributed by atoms with Crippen LogP contribution in [0.2, 0.25) is 5.02 Å². The first-order chi connectivity index (χ1) is 12.5. The second kappa shape index (κ2) is 8.47. The van der Waals surface area contributed by atoms with Gasteiger partial charge >= 0.3 is 0 Å². The Bertz CT molecular complexity index is 792. The molecule has 0 aliphatic carbocycles. The van der Waals surface area contributed by atoms with Gasteiger partial charge in [-0.1, -0.05) is 41.9 Å². The minimum atomic E-state index is -0.151. The van der Waals surface area contributed by atoms with Gasteiger partial charge in [-0.15, -0.1) is 0 Å². The summed E-state index contributed by atoms with van der Waals surface area (Å²) >= 11 is 6.09. The van der Waals surface area contributed by atoms with Crippen LogP contribution >= 0.6 is 11.6 Å². The Morgan fingerprint density at radius 3 is 2.65 bits per heavy atom. The number of quaternary nitrogens is 1. The van der Waals surface area contributed by atoms with Gasteiger partial charge in [0.25, 0.3) is 5.91 Å². The van der Waals surface area contributed by atoms with Crippen molar-refractivity contribution in [3.63, 3.8) is 0 Å². The van der Waals surface area contributed by atoms with Crippen molar-refractivity contribution in [1.82, 2.24) is 0 Å². The zero-order valence-corrected chi connectivity index (χ0v) is 15.7. The number of carbonyl (C=O) groups is 2. The van der Waals surface area contributed by atoms with E-state index in [0.717, 1.165) is 19.4 Å². The molecule has 136 valence electrons. The first-order valence-electron chi connectivity index (χ1n) is 9.08. The molecule has 4 nitrogen and oxygen atoms in total. The molecule has 26 heavy (non-hydrogen) atoms. The third kappa shape index (κ3) is 4.51. The molecule has 1 fully saturated rings. The molecule has 5 heteroatoms. The van der Waals surface area contributed by atoms with Gasteiger partial charge in [0.05, 0.1) is 18.3 Å². The van der Waals surface area contributed by atoms with Crippen LogP contribution in [0, 0.1) is 0 Å².